The first-order valence-corrected chi connectivity index (χ1v) is 16.5. The van der Waals surface area contributed by atoms with Gasteiger partial charge in [0.1, 0.15) is 6.10 Å². The molecule has 2 nitrogen and oxygen atoms in total. The van der Waals surface area contributed by atoms with Gasteiger partial charge in [0.2, 0.25) is 0 Å². The molecule has 5 fully saturated rings. The number of hydrogen-bond acceptors (Lipinski definition) is 2. The van der Waals surface area contributed by atoms with Crippen LogP contribution < -0.4 is 0 Å². The second kappa shape index (κ2) is 8.71. The fraction of sp³-hybridized carbons (Fsp3) is 0.903. The van der Waals surface area contributed by atoms with Gasteiger partial charge in [0.25, 0.3) is 0 Å². The Balaban J connectivity index is 1.51. The Bertz CT molecular complexity index is 900. The van der Waals surface area contributed by atoms with E-state index in [-0.39, 0.29) is 15.5 Å². The average molecular weight is 660 g/mol. The molecule has 0 amide bonds. The smallest absolute Gasteiger partial charge is 0.302 e. The highest BCUT2D eigenvalue weighted by molar-refractivity contribution is 14.1. The van der Waals surface area contributed by atoms with Gasteiger partial charge in [0.15, 0.2) is 0 Å². The summed E-state index contributed by atoms with van der Waals surface area (Å²) >= 11 is 6.71. The van der Waals surface area contributed by atoms with E-state index in [1.165, 1.54) is 68.7 Å². The van der Waals surface area contributed by atoms with Crippen molar-refractivity contribution in [3.63, 3.8) is 0 Å². The SMILES string of the molecule is C=C(C)[C@@H]1CC[C@]2(CBr)CC[C@]3(C)C(CCC4[C@@]5(C)CC[C@H](OC(C)=O)[C@@](C)(I)C5CC[C@]43C)C12. The molecule has 5 rings (SSSR count). The average Bonchev–Trinajstić information content (AvgIpc) is 3.16. The zero-order valence-corrected chi connectivity index (χ0v) is 26.8. The first-order valence-electron chi connectivity index (χ1n) is 14.3. The number of fused-ring (bicyclic) bond motifs is 7. The van der Waals surface area contributed by atoms with E-state index in [0.717, 1.165) is 24.2 Å². The molecule has 0 aromatic heterocycles. The van der Waals surface area contributed by atoms with Crippen molar-refractivity contribution in [2.24, 2.45) is 51.2 Å². The first-order chi connectivity index (χ1) is 16.3. The molecule has 0 spiro atoms. The van der Waals surface area contributed by atoms with Gasteiger partial charge in [-0.15, -0.1) is 0 Å². The monoisotopic (exact) mass is 658 g/mol. The number of ether oxygens (including phenoxy) is 1. The predicted octanol–water partition coefficient (Wildman–Crippen LogP) is 9.14. The van der Waals surface area contributed by atoms with Crippen LogP contribution >= 0.6 is 38.5 Å². The molecule has 0 N–H and O–H groups in total. The Labute approximate surface area is 236 Å². The van der Waals surface area contributed by atoms with Crippen molar-refractivity contribution < 1.29 is 9.53 Å². The van der Waals surface area contributed by atoms with E-state index < -0.39 is 0 Å². The van der Waals surface area contributed by atoms with Crippen LogP contribution in [0.1, 0.15) is 106 Å². The molecule has 0 aliphatic heterocycles. The molecule has 198 valence electrons. The van der Waals surface area contributed by atoms with E-state index >= 15 is 0 Å². The fourth-order valence-electron chi connectivity index (χ4n) is 11.5. The highest BCUT2D eigenvalue weighted by Gasteiger charge is 2.71. The lowest BCUT2D eigenvalue weighted by Gasteiger charge is -2.72. The van der Waals surface area contributed by atoms with Crippen LogP contribution in [0.3, 0.4) is 0 Å². The Morgan fingerprint density at radius 1 is 0.914 bits per heavy atom. The van der Waals surface area contributed by atoms with Crippen LogP contribution in [0, 0.1) is 51.2 Å². The lowest BCUT2D eigenvalue weighted by molar-refractivity contribution is -0.230. The number of halogens is 2. The minimum atomic E-state index is -0.115. The fourth-order valence-corrected chi connectivity index (χ4v) is 13.9. The molecule has 0 aromatic rings. The third-order valence-electron chi connectivity index (χ3n) is 13.3. The van der Waals surface area contributed by atoms with Gasteiger partial charge in [-0.25, -0.2) is 0 Å². The maximum Gasteiger partial charge on any atom is 0.302 e. The number of carbonyl (C=O) groups excluding carboxylic acids is 1. The van der Waals surface area contributed by atoms with E-state index in [0.29, 0.717) is 33.5 Å². The van der Waals surface area contributed by atoms with Gasteiger partial charge < -0.3 is 4.74 Å². The number of alkyl halides is 2. The molecular formula is C31H48BrIO2. The Morgan fingerprint density at radius 3 is 2.26 bits per heavy atom. The van der Waals surface area contributed by atoms with Crippen LogP contribution in [-0.2, 0) is 9.53 Å². The molecule has 5 aliphatic carbocycles. The summed E-state index contributed by atoms with van der Waals surface area (Å²) in [5.41, 5.74) is 3.06. The van der Waals surface area contributed by atoms with Crippen molar-refractivity contribution in [3.8, 4) is 0 Å². The van der Waals surface area contributed by atoms with Crippen molar-refractivity contribution in [3.05, 3.63) is 12.2 Å². The van der Waals surface area contributed by atoms with Gasteiger partial charge in [-0.1, -0.05) is 71.4 Å². The van der Waals surface area contributed by atoms with E-state index in [1.807, 2.05) is 0 Å². The highest BCUT2D eigenvalue weighted by Crippen LogP contribution is 2.77. The summed E-state index contributed by atoms with van der Waals surface area (Å²) in [7, 11) is 0. The number of carbonyl (C=O) groups is 1. The van der Waals surface area contributed by atoms with Gasteiger partial charge >= 0.3 is 5.97 Å². The van der Waals surface area contributed by atoms with Crippen LogP contribution in [-0.4, -0.2) is 20.8 Å². The molecule has 11 atom stereocenters. The molecule has 0 bridgehead atoms. The van der Waals surface area contributed by atoms with Gasteiger partial charge in [-0.3, -0.25) is 4.79 Å². The zero-order valence-electron chi connectivity index (χ0n) is 23.0. The minimum absolute atomic E-state index is 0.0176. The van der Waals surface area contributed by atoms with Crippen molar-refractivity contribution in [2.45, 2.75) is 115 Å². The largest absolute Gasteiger partial charge is 0.461 e. The molecule has 0 saturated heterocycles. The lowest BCUT2D eigenvalue weighted by Crippen LogP contribution is -2.67. The molecule has 35 heavy (non-hydrogen) atoms. The summed E-state index contributed by atoms with van der Waals surface area (Å²) in [6, 6.07) is 0. The molecule has 5 aliphatic rings. The van der Waals surface area contributed by atoms with Gasteiger partial charge in [0.05, 0.1) is 3.42 Å². The van der Waals surface area contributed by atoms with Crippen LogP contribution in [0.4, 0.5) is 0 Å². The Morgan fingerprint density at radius 2 is 1.63 bits per heavy atom. The summed E-state index contributed by atoms with van der Waals surface area (Å²) in [6.07, 6.45) is 13.2. The molecule has 4 unspecified atom stereocenters. The summed E-state index contributed by atoms with van der Waals surface area (Å²) in [5.74, 6) is 3.60. The van der Waals surface area contributed by atoms with Crippen LogP contribution in [0.5, 0.6) is 0 Å². The zero-order chi connectivity index (χ0) is 25.6. The quantitative estimate of drug-likeness (QED) is 0.131. The molecule has 5 saturated carbocycles. The highest BCUT2D eigenvalue weighted by atomic mass is 127. The van der Waals surface area contributed by atoms with Crippen LogP contribution in [0.2, 0.25) is 0 Å². The summed E-state index contributed by atoms with van der Waals surface area (Å²) in [6.45, 7) is 18.9. The maximum absolute atomic E-state index is 11.9. The topological polar surface area (TPSA) is 26.3 Å². The second-order valence-electron chi connectivity index (χ2n) is 14.5. The maximum atomic E-state index is 11.9. The van der Waals surface area contributed by atoms with Crippen molar-refractivity contribution in [1.82, 2.24) is 0 Å². The minimum Gasteiger partial charge on any atom is -0.461 e. The van der Waals surface area contributed by atoms with E-state index in [2.05, 4.69) is 79.7 Å². The van der Waals surface area contributed by atoms with Crippen LogP contribution in [0.25, 0.3) is 0 Å². The summed E-state index contributed by atoms with van der Waals surface area (Å²) < 4.78 is 5.93. The summed E-state index contributed by atoms with van der Waals surface area (Å²) in [4.78, 5) is 11.9. The van der Waals surface area contributed by atoms with Gasteiger partial charge in [0, 0.05) is 12.3 Å². The number of rotatable bonds is 3. The lowest BCUT2D eigenvalue weighted by atomic mass is 9.33. The third kappa shape index (κ3) is 3.59. The van der Waals surface area contributed by atoms with Crippen molar-refractivity contribution >= 4 is 44.5 Å². The van der Waals surface area contributed by atoms with Crippen molar-refractivity contribution in [2.75, 3.05) is 5.33 Å². The number of esters is 1. The number of allylic oxidation sites excluding steroid dienone is 1. The Kier molecular flexibility index (Phi) is 6.72. The summed E-state index contributed by atoms with van der Waals surface area (Å²) in [5, 5.41) is 1.17. The predicted molar refractivity (Wildman–Crippen MR) is 157 cm³/mol. The molecule has 0 radical (unpaired) electrons. The van der Waals surface area contributed by atoms with Crippen molar-refractivity contribution in [1.29, 1.82) is 0 Å². The van der Waals surface area contributed by atoms with E-state index in [4.69, 9.17) is 4.74 Å². The standard InChI is InChI=1S/C31H48BrIO2/c1-19(2)21-10-15-31(18-32)17-16-28(5)22(26(21)31)8-9-23-27(4)13-12-25(35-20(3)34)30(7,33)24(27)11-14-29(23,28)6/h21-26H,1,8-18H2,2-7H3/t21-,22?,23?,24?,25-,26?,27+,28+,29+,30-,31+/m0/s1. The molecule has 4 heteroatoms. The normalized spacial score (nSPS) is 55.2. The van der Waals surface area contributed by atoms with Gasteiger partial charge in [-0.05, 0) is 129 Å². The van der Waals surface area contributed by atoms with Gasteiger partial charge in [-0.2, -0.15) is 0 Å². The van der Waals surface area contributed by atoms with Crippen LogP contribution in [0.15, 0.2) is 12.2 Å². The molecule has 0 aromatic carbocycles. The third-order valence-corrected chi connectivity index (χ3v) is 15.9. The Hall–Kier alpha value is 0.420. The molecular weight excluding hydrogens is 611 g/mol. The van der Waals surface area contributed by atoms with E-state index in [1.54, 1.807) is 6.92 Å². The van der Waals surface area contributed by atoms with E-state index in [9.17, 15) is 4.79 Å². The second-order valence-corrected chi connectivity index (χ2v) is 17.4. The molecule has 0 heterocycles. The number of hydrogen-bond donors (Lipinski definition) is 0. The first kappa shape index (κ1) is 27.0.